The molecule has 0 aliphatic heterocycles. The topological polar surface area (TPSA) is 8.29 Å². The first-order valence-corrected chi connectivity index (χ1v) is 7.33. The third-order valence-electron chi connectivity index (χ3n) is 4.40. The molecule has 0 amide bonds. The standard InChI is InChI=1S/C20H13N2.Ir/c1-21-18-12-6-7-13-19(18)22-17-11-5-4-9-15(17)14-8-2-3-10-16(14)20(21)22;/h2-9,11-13H,1H2;/q-1;. The van der Waals surface area contributed by atoms with Gasteiger partial charge in [0.15, 0.2) is 5.65 Å². The van der Waals surface area contributed by atoms with Crippen molar-refractivity contribution in [2.75, 3.05) is 0 Å². The van der Waals surface area contributed by atoms with Crippen molar-refractivity contribution < 1.29 is 24.7 Å². The second-order valence-corrected chi connectivity index (χ2v) is 5.55. The minimum atomic E-state index is 0. The first-order valence-electron chi connectivity index (χ1n) is 7.33. The van der Waals surface area contributed by atoms with Crippen LogP contribution in [-0.2, 0) is 20.1 Å². The number of hydrogen-bond donors (Lipinski definition) is 0. The number of imidazole rings is 1. The molecule has 3 heteroatoms. The summed E-state index contributed by atoms with van der Waals surface area (Å²) < 4.78 is 4.30. The van der Waals surface area contributed by atoms with Crippen LogP contribution in [0.5, 0.6) is 0 Å². The molecule has 0 spiro atoms. The van der Waals surface area contributed by atoms with E-state index in [2.05, 4.69) is 72.1 Å². The monoisotopic (exact) mass is 474 g/mol. The number of fused-ring (bicyclic) bond motifs is 8. The third-order valence-corrected chi connectivity index (χ3v) is 4.40. The van der Waals surface area contributed by atoms with Gasteiger partial charge in [0.25, 0.3) is 0 Å². The van der Waals surface area contributed by atoms with E-state index in [1.54, 1.807) is 0 Å². The molecule has 5 aromatic rings. The van der Waals surface area contributed by atoms with Gasteiger partial charge in [-0.2, -0.15) is 0 Å². The number of aromatic nitrogens is 2. The Hall–Kier alpha value is -2.35. The summed E-state index contributed by atoms with van der Waals surface area (Å²) in [7, 11) is 4.27. The van der Waals surface area contributed by atoms with Crippen molar-refractivity contribution in [1.29, 1.82) is 0 Å². The molecule has 2 aromatic heterocycles. The molecule has 0 bridgehead atoms. The number of rotatable bonds is 0. The second kappa shape index (κ2) is 5.09. The number of para-hydroxylation sites is 3. The summed E-state index contributed by atoms with van der Waals surface area (Å²) in [6.45, 7) is 0. The fourth-order valence-corrected chi connectivity index (χ4v) is 3.46. The fraction of sp³-hybridized carbons (Fsp3) is 0. The average Bonchev–Trinajstić information content (AvgIpc) is 2.89. The van der Waals surface area contributed by atoms with E-state index in [0.29, 0.717) is 0 Å². The van der Waals surface area contributed by atoms with Gasteiger partial charge in [0.05, 0.1) is 5.52 Å². The largest absolute Gasteiger partial charge is 0.349 e. The summed E-state index contributed by atoms with van der Waals surface area (Å²) in [5.74, 6) is 0. The SMILES string of the molecule is [CH2-][n+]1c2ccccc2n2c3ccccc3c3ccc[c-]c3c21.[Ir]. The molecule has 0 aliphatic rings. The van der Waals surface area contributed by atoms with E-state index in [0.717, 1.165) is 16.6 Å². The Morgan fingerprint density at radius 2 is 1.52 bits per heavy atom. The van der Waals surface area contributed by atoms with Crippen LogP contribution in [0.2, 0.25) is 0 Å². The molecule has 2 nitrogen and oxygen atoms in total. The molecule has 1 radical (unpaired) electrons. The summed E-state index contributed by atoms with van der Waals surface area (Å²) in [4.78, 5) is 0. The van der Waals surface area contributed by atoms with Gasteiger partial charge in [-0.05, 0) is 24.6 Å². The van der Waals surface area contributed by atoms with Crippen LogP contribution < -0.4 is 4.57 Å². The van der Waals surface area contributed by atoms with Crippen LogP contribution in [0.25, 0.3) is 38.4 Å². The van der Waals surface area contributed by atoms with Crippen LogP contribution in [0, 0.1) is 13.1 Å². The summed E-state index contributed by atoms with van der Waals surface area (Å²) in [6.07, 6.45) is 0. The zero-order valence-electron chi connectivity index (χ0n) is 12.3. The van der Waals surface area contributed by atoms with Crippen LogP contribution in [0.4, 0.5) is 0 Å². The van der Waals surface area contributed by atoms with Crippen LogP contribution >= 0.6 is 0 Å². The Balaban J connectivity index is 0.00000135. The van der Waals surface area contributed by atoms with Gasteiger partial charge in [-0.3, -0.25) is 0 Å². The van der Waals surface area contributed by atoms with Crippen molar-refractivity contribution in [2.24, 2.45) is 0 Å². The Morgan fingerprint density at radius 3 is 2.39 bits per heavy atom. The van der Waals surface area contributed by atoms with E-state index in [9.17, 15) is 0 Å². The molecule has 23 heavy (non-hydrogen) atoms. The normalized spacial score (nSPS) is 11.3. The summed E-state index contributed by atoms with van der Waals surface area (Å²) in [5.41, 5.74) is 4.57. The van der Waals surface area contributed by atoms with Crippen molar-refractivity contribution in [3.8, 4) is 0 Å². The molecule has 113 valence electrons. The van der Waals surface area contributed by atoms with E-state index in [4.69, 9.17) is 0 Å². The molecule has 0 atom stereocenters. The minimum absolute atomic E-state index is 0. The fourth-order valence-electron chi connectivity index (χ4n) is 3.46. The molecular formula is C20H13IrN2-. The summed E-state index contributed by atoms with van der Waals surface area (Å²) in [5, 5.41) is 3.56. The van der Waals surface area contributed by atoms with Gasteiger partial charge in [0.1, 0.15) is 11.0 Å². The Kier molecular flexibility index (Phi) is 3.15. The van der Waals surface area contributed by atoms with Crippen LogP contribution in [-0.4, -0.2) is 4.40 Å². The molecular weight excluding hydrogens is 460 g/mol. The maximum atomic E-state index is 4.27. The van der Waals surface area contributed by atoms with E-state index >= 15 is 0 Å². The summed E-state index contributed by atoms with van der Waals surface area (Å²) >= 11 is 0. The number of benzene rings is 3. The van der Waals surface area contributed by atoms with Crippen molar-refractivity contribution in [3.63, 3.8) is 0 Å². The van der Waals surface area contributed by atoms with Gasteiger partial charge in [-0.1, -0.05) is 47.2 Å². The number of nitrogens with zero attached hydrogens (tertiary/aromatic N) is 2. The van der Waals surface area contributed by atoms with Crippen LogP contribution in [0.1, 0.15) is 0 Å². The van der Waals surface area contributed by atoms with E-state index in [-0.39, 0.29) is 20.1 Å². The quantitative estimate of drug-likeness (QED) is 0.182. The maximum Gasteiger partial charge on any atom is 0.195 e. The number of pyridine rings is 1. The summed E-state index contributed by atoms with van der Waals surface area (Å²) in [6, 6.07) is 26.5. The van der Waals surface area contributed by atoms with E-state index in [1.165, 1.54) is 21.8 Å². The van der Waals surface area contributed by atoms with Gasteiger partial charge in [0, 0.05) is 20.1 Å². The molecule has 0 fully saturated rings. The van der Waals surface area contributed by atoms with E-state index < -0.39 is 0 Å². The molecule has 0 unspecified atom stereocenters. The van der Waals surface area contributed by atoms with Crippen molar-refractivity contribution in [2.45, 2.75) is 0 Å². The van der Waals surface area contributed by atoms with E-state index in [1.807, 2.05) is 16.7 Å². The molecule has 0 saturated heterocycles. The molecule has 3 aromatic carbocycles. The Bertz CT molecular complexity index is 1190. The van der Waals surface area contributed by atoms with Crippen molar-refractivity contribution in [3.05, 3.63) is 79.8 Å². The zero-order chi connectivity index (χ0) is 14.7. The van der Waals surface area contributed by atoms with Crippen molar-refractivity contribution in [1.82, 2.24) is 4.40 Å². The van der Waals surface area contributed by atoms with Crippen molar-refractivity contribution >= 4 is 38.4 Å². The molecule has 0 saturated carbocycles. The first kappa shape index (κ1) is 14.3. The molecule has 2 heterocycles. The van der Waals surface area contributed by atoms with Gasteiger partial charge >= 0.3 is 0 Å². The number of hydrogen-bond acceptors (Lipinski definition) is 0. The Morgan fingerprint density at radius 1 is 0.826 bits per heavy atom. The van der Waals surface area contributed by atoms with Gasteiger partial charge in [-0.25, -0.2) is 4.40 Å². The second-order valence-electron chi connectivity index (χ2n) is 5.55. The average molecular weight is 474 g/mol. The smallest absolute Gasteiger partial charge is 0.195 e. The van der Waals surface area contributed by atoms with Crippen LogP contribution in [0.15, 0.2) is 66.7 Å². The molecule has 0 N–H and O–H groups in total. The van der Waals surface area contributed by atoms with Gasteiger partial charge in [-0.15, -0.1) is 24.3 Å². The van der Waals surface area contributed by atoms with Crippen LogP contribution in [0.3, 0.4) is 0 Å². The predicted molar refractivity (Wildman–Crippen MR) is 89.7 cm³/mol. The maximum absolute atomic E-state index is 4.27. The molecule has 5 rings (SSSR count). The first-order chi connectivity index (χ1) is 10.9. The third kappa shape index (κ3) is 1.78. The molecule has 0 aliphatic carbocycles. The minimum Gasteiger partial charge on any atom is -0.349 e. The Labute approximate surface area is 147 Å². The van der Waals surface area contributed by atoms with Gasteiger partial charge in [0.2, 0.25) is 0 Å². The zero-order valence-corrected chi connectivity index (χ0v) is 14.7. The van der Waals surface area contributed by atoms with Gasteiger partial charge < -0.3 is 4.57 Å². The predicted octanol–water partition coefficient (Wildman–Crippen LogP) is 4.12.